The highest BCUT2D eigenvalue weighted by Crippen LogP contribution is 2.06. The Morgan fingerprint density at radius 3 is 2.95 bits per heavy atom. The zero-order chi connectivity index (χ0) is 13.3. The zero-order valence-electron chi connectivity index (χ0n) is 11.4. The monoisotopic (exact) mass is 282 g/mol. The van der Waals surface area contributed by atoms with Crippen LogP contribution in [0, 0.1) is 0 Å². The van der Waals surface area contributed by atoms with Crippen molar-refractivity contribution in [1.29, 1.82) is 0 Å². The molecule has 0 unspecified atom stereocenters. The van der Waals surface area contributed by atoms with E-state index in [2.05, 4.69) is 38.0 Å². The molecule has 1 aromatic rings. The van der Waals surface area contributed by atoms with Gasteiger partial charge in [-0.25, -0.2) is 0 Å². The highest BCUT2D eigenvalue weighted by atomic mass is 32.1. The van der Waals surface area contributed by atoms with Gasteiger partial charge in [-0.05, 0) is 11.4 Å². The lowest BCUT2D eigenvalue weighted by molar-refractivity contribution is 0.0389. The quantitative estimate of drug-likeness (QED) is 0.618. The maximum absolute atomic E-state index is 5.33. The van der Waals surface area contributed by atoms with Crippen LogP contribution < -0.4 is 10.6 Å². The van der Waals surface area contributed by atoms with Crippen LogP contribution in [0.4, 0.5) is 0 Å². The number of hydrogen-bond donors (Lipinski definition) is 2. The highest BCUT2D eigenvalue weighted by molar-refractivity contribution is 7.09. The Morgan fingerprint density at radius 1 is 1.42 bits per heavy atom. The Bertz CT molecular complexity index is 374. The van der Waals surface area contributed by atoms with Gasteiger partial charge in [-0.15, -0.1) is 11.3 Å². The minimum Gasteiger partial charge on any atom is -0.379 e. The SMILES string of the molecule is CN=C(NCCN1CCOCC1)NCc1cccs1. The van der Waals surface area contributed by atoms with Crippen molar-refractivity contribution in [1.82, 2.24) is 15.5 Å². The van der Waals surface area contributed by atoms with Crippen molar-refractivity contribution < 1.29 is 4.74 Å². The maximum atomic E-state index is 5.33. The molecule has 1 aromatic heterocycles. The third-order valence-corrected chi connectivity index (χ3v) is 3.93. The Balaban J connectivity index is 1.62. The molecule has 5 nitrogen and oxygen atoms in total. The molecule has 19 heavy (non-hydrogen) atoms. The van der Waals surface area contributed by atoms with Crippen molar-refractivity contribution in [3.63, 3.8) is 0 Å². The second kappa shape index (κ2) is 8.14. The van der Waals surface area contributed by atoms with Gasteiger partial charge in [-0.1, -0.05) is 6.07 Å². The zero-order valence-corrected chi connectivity index (χ0v) is 12.2. The Hall–Kier alpha value is -1.11. The molecule has 0 aliphatic carbocycles. The standard InChI is InChI=1S/C13H22N4OS/c1-14-13(16-11-12-3-2-10-19-12)15-4-5-17-6-8-18-9-7-17/h2-3,10H,4-9,11H2,1H3,(H2,14,15,16). The summed E-state index contributed by atoms with van der Waals surface area (Å²) in [6, 6.07) is 4.19. The molecular formula is C13H22N4OS. The van der Waals surface area contributed by atoms with Crippen molar-refractivity contribution in [2.75, 3.05) is 46.4 Å². The van der Waals surface area contributed by atoms with E-state index in [1.807, 2.05) is 0 Å². The minimum absolute atomic E-state index is 0.828. The van der Waals surface area contributed by atoms with Crippen molar-refractivity contribution in [3.8, 4) is 0 Å². The van der Waals surface area contributed by atoms with E-state index >= 15 is 0 Å². The van der Waals surface area contributed by atoms with E-state index in [1.54, 1.807) is 18.4 Å². The lowest BCUT2D eigenvalue weighted by Crippen LogP contribution is -2.44. The maximum Gasteiger partial charge on any atom is 0.191 e. The van der Waals surface area contributed by atoms with Gasteiger partial charge >= 0.3 is 0 Å². The van der Waals surface area contributed by atoms with Gasteiger partial charge in [-0.3, -0.25) is 9.89 Å². The molecule has 2 rings (SSSR count). The summed E-state index contributed by atoms with van der Waals surface area (Å²) in [4.78, 5) is 7.95. The lowest BCUT2D eigenvalue weighted by atomic mass is 10.4. The second-order valence-corrected chi connectivity index (χ2v) is 5.42. The Kier molecular flexibility index (Phi) is 6.13. The fourth-order valence-corrected chi connectivity index (χ4v) is 2.61. The molecule has 1 fully saturated rings. The van der Waals surface area contributed by atoms with Crippen LogP contribution in [0.1, 0.15) is 4.88 Å². The predicted molar refractivity (Wildman–Crippen MR) is 79.8 cm³/mol. The molecule has 0 aromatic carbocycles. The van der Waals surface area contributed by atoms with Gasteiger partial charge < -0.3 is 15.4 Å². The van der Waals surface area contributed by atoms with E-state index < -0.39 is 0 Å². The summed E-state index contributed by atoms with van der Waals surface area (Å²) >= 11 is 1.75. The van der Waals surface area contributed by atoms with Crippen LogP contribution in [-0.2, 0) is 11.3 Å². The molecule has 6 heteroatoms. The number of guanidine groups is 1. The molecule has 106 valence electrons. The summed E-state index contributed by atoms with van der Waals surface area (Å²) in [6.07, 6.45) is 0. The third-order valence-electron chi connectivity index (χ3n) is 3.06. The summed E-state index contributed by atoms with van der Waals surface area (Å²) in [5, 5.41) is 8.74. The number of thiophene rings is 1. The van der Waals surface area contributed by atoms with Crippen molar-refractivity contribution >= 4 is 17.3 Å². The molecule has 1 aliphatic heterocycles. The van der Waals surface area contributed by atoms with Crippen LogP contribution >= 0.6 is 11.3 Å². The van der Waals surface area contributed by atoms with Gasteiger partial charge in [0.25, 0.3) is 0 Å². The summed E-state index contributed by atoms with van der Waals surface area (Å²) in [7, 11) is 1.80. The normalized spacial score (nSPS) is 17.4. The van der Waals surface area contributed by atoms with Gasteiger partial charge in [0.1, 0.15) is 0 Å². The first kappa shape index (κ1) is 14.3. The van der Waals surface area contributed by atoms with Gasteiger partial charge in [0, 0.05) is 38.1 Å². The molecular weight excluding hydrogens is 260 g/mol. The predicted octanol–water partition coefficient (Wildman–Crippen LogP) is 0.745. The number of nitrogens with one attached hydrogen (secondary N) is 2. The molecule has 0 atom stereocenters. The molecule has 0 saturated carbocycles. The van der Waals surface area contributed by atoms with E-state index in [0.29, 0.717) is 0 Å². The fourth-order valence-electron chi connectivity index (χ4n) is 1.96. The van der Waals surface area contributed by atoms with Crippen LogP contribution in [0.5, 0.6) is 0 Å². The van der Waals surface area contributed by atoms with Crippen LogP contribution in [0.15, 0.2) is 22.5 Å². The van der Waals surface area contributed by atoms with E-state index in [0.717, 1.165) is 51.9 Å². The van der Waals surface area contributed by atoms with Crippen molar-refractivity contribution in [2.45, 2.75) is 6.54 Å². The van der Waals surface area contributed by atoms with Crippen molar-refractivity contribution in [2.24, 2.45) is 4.99 Å². The topological polar surface area (TPSA) is 48.9 Å². The lowest BCUT2D eigenvalue weighted by Gasteiger charge is -2.26. The van der Waals surface area contributed by atoms with Gasteiger partial charge in [-0.2, -0.15) is 0 Å². The van der Waals surface area contributed by atoms with E-state index in [-0.39, 0.29) is 0 Å². The van der Waals surface area contributed by atoms with Crippen LogP contribution in [-0.4, -0.2) is 57.3 Å². The van der Waals surface area contributed by atoms with Gasteiger partial charge in [0.2, 0.25) is 0 Å². The van der Waals surface area contributed by atoms with E-state index in [9.17, 15) is 0 Å². The average Bonchev–Trinajstić information content (AvgIpc) is 2.97. The molecule has 1 saturated heterocycles. The average molecular weight is 282 g/mol. The number of morpholine rings is 1. The van der Waals surface area contributed by atoms with E-state index in [4.69, 9.17) is 4.74 Å². The summed E-state index contributed by atoms with van der Waals surface area (Å²) in [5.74, 6) is 0.863. The van der Waals surface area contributed by atoms with Crippen LogP contribution in [0.3, 0.4) is 0 Å². The molecule has 0 spiro atoms. The summed E-state index contributed by atoms with van der Waals surface area (Å²) in [5.41, 5.74) is 0. The molecule has 2 N–H and O–H groups in total. The molecule has 1 aliphatic rings. The van der Waals surface area contributed by atoms with Gasteiger partial charge in [0.05, 0.1) is 19.8 Å². The Morgan fingerprint density at radius 2 is 2.26 bits per heavy atom. The molecule has 0 bridgehead atoms. The number of rotatable bonds is 5. The third kappa shape index (κ3) is 5.18. The first-order valence-corrected chi connectivity index (χ1v) is 7.53. The molecule has 0 radical (unpaired) electrons. The summed E-state index contributed by atoms with van der Waals surface area (Å²) < 4.78 is 5.33. The first-order chi connectivity index (χ1) is 9.38. The van der Waals surface area contributed by atoms with Crippen LogP contribution in [0.25, 0.3) is 0 Å². The van der Waals surface area contributed by atoms with Crippen molar-refractivity contribution in [3.05, 3.63) is 22.4 Å². The fraction of sp³-hybridized carbons (Fsp3) is 0.615. The highest BCUT2D eigenvalue weighted by Gasteiger charge is 2.09. The Labute approximate surface area is 118 Å². The van der Waals surface area contributed by atoms with E-state index in [1.165, 1.54) is 4.88 Å². The molecule has 2 heterocycles. The number of hydrogen-bond acceptors (Lipinski definition) is 4. The summed E-state index contributed by atoms with van der Waals surface area (Å²) in [6.45, 7) is 6.53. The van der Waals surface area contributed by atoms with Gasteiger partial charge in [0.15, 0.2) is 5.96 Å². The number of ether oxygens (including phenoxy) is 1. The number of nitrogens with zero attached hydrogens (tertiary/aromatic N) is 2. The van der Waals surface area contributed by atoms with Crippen LogP contribution in [0.2, 0.25) is 0 Å². The second-order valence-electron chi connectivity index (χ2n) is 4.39. The largest absolute Gasteiger partial charge is 0.379 e. The minimum atomic E-state index is 0.828. The first-order valence-electron chi connectivity index (χ1n) is 6.65. The molecule has 0 amide bonds. The number of aliphatic imine (C=N–C) groups is 1. The smallest absolute Gasteiger partial charge is 0.191 e.